The second-order valence-electron chi connectivity index (χ2n) is 5.23. The smallest absolute Gasteiger partial charge is 0.0483 e. The molecule has 0 atom stereocenters. The highest BCUT2D eigenvalue weighted by molar-refractivity contribution is 5.84. The maximum atomic E-state index is 9.02. The Labute approximate surface area is 116 Å². The highest BCUT2D eigenvalue weighted by Gasteiger charge is 2.08. The third-order valence-electron chi connectivity index (χ3n) is 3.79. The van der Waals surface area contributed by atoms with Gasteiger partial charge in [-0.25, -0.2) is 0 Å². The van der Waals surface area contributed by atoms with E-state index in [2.05, 4.69) is 42.8 Å². The van der Waals surface area contributed by atoms with Crippen molar-refractivity contribution in [2.24, 2.45) is 0 Å². The second-order valence-corrected chi connectivity index (χ2v) is 5.23. The Morgan fingerprint density at radius 3 is 2.68 bits per heavy atom. The normalized spacial score (nSPS) is 11.3. The fourth-order valence-corrected chi connectivity index (χ4v) is 2.63. The van der Waals surface area contributed by atoms with Gasteiger partial charge in [0, 0.05) is 30.3 Å². The molecule has 2 heteroatoms. The monoisotopic (exact) mass is 259 g/mol. The van der Waals surface area contributed by atoms with Crippen LogP contribution in [0.15, 0.2) is 24.4 Å². The minimum Gasteiger partial charge on any atom is -0.396 e. The average Bonchev–Trinajstić information content (AvgIpc) is 2.80. The molecule has 19 heavy (non-hydrogen) atoms. The zero-order valence-electron chi connectivity index (χ0n) is 12.2. The van der Waals surface area contributed by atoms with Gasteiger partial charge in [-0.1, -0.05) is 26.3 Å². The minimum atomic E-state index is 0.261. The molecule has 0 aliphatic heterocycles. The number of nitrogens with zero attached hydrogens (tertiary/aromatic N) is 1. The van der Waals surface area contributed by atoms with Gasteiger partial charge in [-0.3, -0.25) is 0 Å². The maximum absolute atomic E-state index is 9.02. The van der Waals surface area contributed by atoms with E-state index in [9.17, 15) is 0 Å². The molecule has 104 valence electrons. The first kappa shape index (κ1) is 14.1. The molecule has 0 saturated carbocycles. The van der Waals surface area contributed by atoms with Gasteiger partial charge in [0.2, 0.25) is 0 Å². The second kappa shape index (κ2) is 6.76. The standard InChI is InChI=1S/C17H25NO/c1-3-5-7-15-13-18(10-6-11-19)17-9-8-14(4-2)12-16(15)17/h8-9,12-13,19H,3-7,10-11H2,1-2H3. The van der Waals surface area contributed by atoms with Crippen molar-refractivity contribution >= 4 is 10.9 Å². The van der Waals surface area contributed by atoms with Crippen molar-refractivity contribution in [3.8, 4) is 0 Å². The van der Waals surface area contributed by atoms with Crippen LogP contribution >= 0.6 is 0 Å². The van der Waals surface area contributed by atoms with Crippen LogP contribution in [0.1, 0.15) is 44.2 Å². The zero-order valence-corrected chi connectivity index (χ0v) is 12.2. The lowest BCUT2D eigenvalue weighted by Gasteiger charge is -2.04. The Morgan fingerprint density at radius 1 is 1.16 bits per heavy atom. The Bertz CT molecular complexity index is 527. The van der Waals surface area contributed by atoms with Gasteiger partial charge in [-0.05, 0) is 48.9 Å². The summed E-state index contributed by atoms with van der Waals surface area (Å²) in [5.74, 6) is 0. The van der Waals surface area contributed by atoms with Crippen LogP contribution in [0.4, 0.5) is 0 Å². The maximum Gasteiger partial charge on any atom is 0.0483 e. The van der Waals surface area contributed by atoms with Crippen molar-refractivity contribution in [2.75, 3.05) is 6.61 Å². The summed E-state index contributed by atoms with van der Waals surface area (Å²) >= 11 is 0. The lowest BCUT2D eigenvalue weighted by Crippen LogP contribution is -1.98. The van der Waals surface area contributed by atoms with Gasteiger partial charge in [0.15, 0.2) is 0 Å². The van der Waals surface area contributed by atoms with Crippen LogP contribution in [-0.4, -0.2) is 16.3 Å². The van der Waals surface area contributed by atoms with Crippen LogP contribution in [0.2, 0.25) is 0 Å². The third kappa shape index (κ3) is 3.19. The molecule has 0 radical (unpaired) electrons. The molecular formula is C17H25NO. The number of aryl methyl sites for hydroxylation is 3. The van der Waals surface area contributed by atoms with Crippen molar-refractivity contribution in [3.05, 3.63) is 35.5 Å². The SMILES string of the molecule is CCCCc1cn(CCCO)c2ccc(CC)cc12. The molecule has 2 nitrogen and oxygen atoms in total. The highest BCUT2D eigenvalue weighted by atomic mass is 16.3. The number of aromatic nitrogens is 1. The Balaban J connectivity index is 2.40. The molecule has 0 fully saturated rings. The van der Waals surface area contributed by atoms with Crippen LogP contribution in [0, 0.1) is 0 Å². The molecule has 0 bridgehead atoms. The van der Waals surface area contributed by atoms with E-state index in [1.54, 1.807) is 0 Å². The number of unbranched alkanes of at least 4 members (excludes halogenated alkanes) is 1. The Kier molecular flexibility index (Phi) is 5.03. The predicted octanol–water partition coefficient (Wildman–Crippen LogP) is 3.93. The molecule has 2 aromatic rings. The van der Waals surface area contributed by atoms with Gasteiger partial charge >= 0.3 is 0 Å². The lowest BCUT2D eigenvalue weighted by molar-refractivity contribution is 0.280. The van der Waals surface area contributed by atoms with Crippen LogP contribution in [-0.2, 0) is 19.4 Å². The third-order valence-corrected chi connectivity index (χ3v) is 3.79. The highest BCUT2D eigenvalue weighted by Crippen LogP contribution is 2.25. The number of hydrogen-bond donors (Lipinski definition) is 1. The zero-order chi connectivity index (χ0) is 13.7. The number of hydrogen-bond acceptors (Lipinski definition) is 1. The van der Waals surface area contributed by atoms with Crippen molar-refractivity contribution in [1.82, 2.24) is 4.57 Å². The summed E-state index contributed by atoms with van der Waals surface area (Å²) in [6, 6.07) is 6.80. The number of benzene rings is 1. The molecule has 1 aromatic carbocycles. The molecule has 1 heterocycles. The molecule has 1 aromatic heterocycles. The van der Waals surface area contributed by atoms with E-state index in [4.69, 9.17) is 5.11 Å². The van der Waals surface area contributed by atoms with Gasteiger partial charge in [0.1, 0.15) is 0 Å². The average molecular weight is 259 g/mol. The van der Waals surface area contributed by atoms with E-state index in [0.29, 0.717) is 0 Å². The molecule has 0 saturated heterocycles. The number of aliphatic hydroxyl groups excluding tert-OH is 1. The summed E-state index contributed by atoms with van der Waals surface area (Å²) in [5, 5.41) is 10.4. The molecule has 0 spiro atoms. The van der Waals surface area contributed by atoms with Crippen LogP contribution in [0.5, 0.6) is 0 Å². The molecule has 2 rings (SSSR count). The van der Waals surface area contributed by atoms with Gasteiger partial charge < -0.3 is 9.67 Å². The summed E-state index contributed by atoms with van der Waals surface area (Å²) in [6.45, 7) is 5.61. The van der Waals surface area contributed by atoms with Crippen molar-refractivity contribution in [1.29, 1.82) is 0 Å². The fourth-order valence-electron chi connectivity index (χ4n) is 2.63. The van der Waals surface area contributed by atoms with Gasteiger partial charge in [0.25, 0.3) is 0 Å². The van der Waals surface area contributed by atoms with Gasteiger partial charge in [-0.2, -0.15) is 0 Å². The molecule has 1 N–H and O–H groups in total. The molecule has 0 aliphatic carbocycles. The summed E-state index contributed by atoms with van der Waals surface area (Å²) in [4.78, 5) is 0. The number of fused-ring (bicyclic) bond motifs is 1. The summed E-state index contributed by atoms with van der Waals surface area (Å²) in [5.41, 5.74) is 4.19. The van der Waals surface area contributed by atoms with Crippen molar-refractivity contribution in [2.45, 2.75) is 52.5 Å². The fraction of sp³-hybridized carbons (Fsp3) is 0.529. The topological polar surface area (TPSA) is 25.2 Å². The van der Waals surface area contributed by atoms with E-state index in [1.807, 2.05) is 0 Å². The van der Waals surface area contributed by atoms with E-state index in [1.165, 1.54) is 34.9 Å². The van der Waals surface area contributed by atoms with E-state index in [-0.39, 0.29) is 6.61 Å². The van der Waals surface area contributed by atoms with E-state index < -0.39 is 0 Å². The number of aliphatic hydroxyl groups is 1. The number of rotatable bonds is 7. The first-order valence-corrected chi connectivity index (χ1v) is 7.51. The van der Waals surface area contributed by atoms with Crippen LogP contribution < -0.4 is 0 Å². The first-order valence-electron chi connectivity index (χ1n) is 7.51. The van der Waals surface area contributed by atoms with Crippen molar-refractivity contribution in [3.63, 3.8) is 0 Å². The van der Waals surface area contributed by atoms with E-state index in [0.717, 1.165) is 25.8 Å². The van der Waals surface area contributed by atoms with Crippen LogP contribution in [0.25, 0.3) is 10.9 Å². The first-order chi connectivity index (χ1) is 9.30. The molecule has 0 aliphatic rings. The summed E-state index contributed by atoms with van der Waals surface area (Å²) in [7, 11) is 0. The van der Waals surface area contributed by atoms with Crippen molar-refractivity contribution < 1.29 is 5.11 Å². The largest absolute Gasteiger partial charge is 0.396 e. The quantitative estimate of drug-likeness (QED) is 0.800. The molecular weight excluding hydrogens is 234 g/mol. The summed E-state index contributed by atoms with van der Waals surface area (Å²) in [6.07, 6.45) is 7.84. The van der Waals surface area contributed by atoms with E-state index >= 15 is 0 Å². The van der Waals surface area contributed by atoms with Gasteiger partial charge in [0.05, 0.1) is 0 Å². The Morgan fingerprint density at radius 2 is 2.00 bits per heavy atom. The predicted molar refractivity (Wildman–Crippen MR) is 81.6 cm³/mol. The van der Waals surface area contributed by atoms with Crippen LogP contribution in [0.3, 0.4) is 0 Å². The lowest BCUT2D eigenvalue weighted by atomic mass is 10.0. The molecule has 0 amide bonds. The minimum absolute atomic E-state index is 0.261. The molecule has 0 unspecified atom stereocenters. The summed E-state index contributed by atoms with van der Waals surface area (Å²) < 4.78 is 2.30. The Hall–Kier alpha value is -1.28. The van der Waals surface area contributed by atoms with Gasteiger partial charge in [-0.15, -0.1) is 0 Å².